The molecule has 0 aromatic heterocycles. The van der Waals surface area contributed by atoms with Gasteiger partial charge in [-0.15, -0.1) is 0 Å². The Hall–Kier alpha value is -0.600. The molecule has 1 aromatic carbocycles. The number of hydrogen-bond acceptors (Lipinski definition) is 1. The lowest BCUT2D eigenvalue weighted by Crippen LogP contribution is -2.29. The molecule has 2 unspecified atom stereocenters. The van der Waals surface area contributed by atoms with E-state index in [9.17, 15) is 4.39 Å². The highest BCUT2D eigenvalue weighted by Gasteiger charge is 2.20. The van der Waals surface area contributed by atoms with E-state index in [4.69, 9.17) is 11.6 Å². The minimum Gasteiger partial charge on any atom is -0.312 e. The molecule has 18 heavy (non-hydrogen) atoms. The summed E-state index contributed by atoms with van der Waals surface area (Å²) in [6.45, 7) is 3.99. The van der Waals surface area contributed by atoms with Gasteiger partial charge in [-0.3, -0.25) is 0 Å². The summed E-state index contributed by atoms with van der Waals surface area (Å²) in [6.07, 6.45) is 5.36. The smallest absolute Gasteiger partial charge is 0.123 e. The van der Waals surface area contributed by atoms with Gasteiger partial charge in [0.15, 0.2) is 0 Å². The third kappa shape index (κ3) is 3.69. The van der Waals surface area contributed by atoms with Gasteiger partial charge in [0.1, 0.15) is 5.82 Å². The maximum absolute atomic E-state index is 13.1. The molecule has 1 N–H and O–H groups in total. The molecule has 2 rings (SSSR count). The Morgan fingerprint density at radius 1 is 1.33 bits per heavy atom. The van der Waals surface area contributed by atoms with Crippen molar-refractivity contribution >= 4 is 11.6 Å². The maximum Gasteiger partial charge on any atom is 0.123 e. The molecule has 0 spiro atoms. The van der Waals surface area contributed by atoms with Gasteiger partial charge in [-0.1, -0.05) is 37.8 Å². The zero-order valence-corrected chi connectivity index (χ0v) is 11.6. The van der Waals surface area contributed by atoms with Gasteiger partial charge in [0.05, 0.1) is 0 Å². The molecule has 0 amide bonds. The van der Waals surface area contributed by atoms with Gasteiger partial charge in [-0.2, -0.15) is 0 Å². The lowest BCUT2D eigenvalue weighted by molar-refractivity contribution is 0.247. The van der Waals surface area contributed by atoms with E-state index in [1.165, 1.54) is 37.8 Å². The van der Waals surface area contributed by atoms with Crippen molar-refractivity contribution in [2.75, 3.05) is 6.54 Å². The molecular weight excluding hydrogens is 249 g/mol. The Bertz CT molecular complexity index is 394. The van der Waals surface area contributed by atoms with Crippen LogP contribution in [-0.2, 0) is 6.54 Å². The lowest BCUT2D eigenvalue weighted by atomic mass is 9.80. The fourth-order valence-electron chi connectivity index (χ4n) is 2.77. The summed E-state index contributed by atoms with van der Waals surface area (Å²) in [7, 11) is 0. The monoisotopic (exact) mass is 269 g/mol. The van der Waals surface area contributed by atoms with Crippen molar-refractivity contribution in [2.24, 2.45) is 11.8 Å². The van der Waals surface area contributed by atoms with Gasteiger partial charge in [0.2, 0.25) is 0 Å². The van der Waals surface area contributed by atoms with E-state index in [2.05, 4.69) is 12.2 Å². The second kappa shape index (κ2) is 6.53. The molecule has 1 nitrogen and oxygen atoms in total. The van der Waals surface area contributed by atoms with E-state index in [0.29, 0.717) is 11.6 Å². The van der Waals surface area contributed by atoms with Crippen LogP contribution in [-0.4, -0.2) is 6.54 Å². The van der Waals surface area contributed by atoms with Gasteiger partial charge in [0, 0.05) is 11.6 Å². The maximum atomic E-state index is 13.1. The Labute approximate surface area is 114 Å². The van der Waals surface area contributed by atoms with Crippen LogP contribution < -0.4 is 5.32 Å². The molecule has 1 fully saturated rings. The Morgan fingerprint density at radius 3 is 2.89 bits per heavy atom. The first kappa shape index (κ1) is 13.8. The molecule has 0 saturated heterocycles. The summed E-state index contributed by atoms with van der Waals surface area (Å²) in [5.41, 5.74) is 0.847. The van der Waals surface area contributed by atoms with Gasteiger partial charge in [0.25, 0.3) is 0 Å². The first-order valence-corrected chi connectivity index (χ1v) is 7.19. The van der Waals surface area contributed by atoms with E-state index < -0.39 is 0 Å². The van der Waals surface area contributed by atoms with Gasteiger partial charge in [-0.25, -0.2) is 4.39 Å². The van der Waals surface area contributed by atoms with Crippen LogP contribution in [0.15, 0.2) is 18.2 Å². The molecule has 1 aromatic rings. The molecular formula is C15H21ClFN. The second-order valence-corrected chi connectivity index (χ2v) is 5.80. The molecule has 2 atom stereocenters. The minimum atomic E-state index is -0.220. The third-order valence-electron chi connectivity index (χ3n) is 4.02. The molecule has 100 valence electrons. The number of halogens is 2. The molecule has 0 aliphatic heterocycles. The van der Waals surface area contributed by atoms with E-state index in [0.717, 1.165) is 23.9 Å². The predicted octanol–water partition coefficient (Wildman–Crippen LogP) is 4.40. The van der Waals surface area contributed by atoms with E-state index in [-0.39, 0.29) is 5.82 Å². The SMILES string of the molecule is CC1CCCCC1CNCc1cc(F)ccc1Cl. The van der Waals surface area contributed by atoms with Crippen molar-refractivity contribution in [2.45, 2.75) is 39.2 Å². The first-order valence-electron chi connectivity index (χ1n) is 6.81. The highest BCUT2D eigenvalue weighted by atomic mass is 35.5. The average molecular weight is 270 g/mol. The van der Waals surface area contributed by atoms with Crippen LogP contribution in [0, 0.1) is 17.7 Å². The van der Waals surface area contributed by atoms with Crippen molar-refractivity contribution in [3.63, 3.8) is 0 Å². The van der Waals surface area contributed by atoms with Crippen LogP contribution in [0.1, 0.15) is 38.2 Å². The highest BCUT2D eigenvalue weighted by molar-refractivity contribution is 6.31. The zero-order chi connectivity index (χ0) is 13.0. The summed E-state index contributed by atoms with van der Waals surface area (Å²) < 4.78 is 13.1. The Morgan fingerprint density at radius 2 is 2.11 bits per heavy atom. The van der Waals surface area contributed by atoms with Gasteiger partial charge in [-0.05, 0) is 48.6 Å². The zero-order valence-electron chi connectivity index (χ0n) is 10.9. The summed E-state index contributed by atoms with van der Waals surface area (Å²) in [5, 5.41) is 4.06. The van der Waals surface area contributed by atoms with Crippen molar-refractivity contribution < 1.29 is 4.39 Å². The van der Waals surface area contributed by atoms with Crippen LogP contribution in [0.2, 0.25) is 5.02 Å². The molecule has 3 heteroatoms. The molecule has 1 aliphatic rings. The van der Waals surface area contributed by atoms with Crippen molar-refractivity contribution in [1.82, 2.24) is 5.32 Å². The van der Waals surface area contributed by atoms with Crippen LogP contribution >= 0.6 is 11.6 Å². The number of hydrogen-bond donors (Lipinski definition) is 1. The minimum absolute atomic E-state index is 0.220. The summed E-state index contributed by atoms with van der Waals surface area (Å²) in [6, 6.07) is 4.53. The van der Waals surface area contributed by atoms with Crippen molar-refractivity contribution in [3.05, 3.63) is 34.6 Å². The molecule has 0 heterocycles. The van der Waals surface area contributed by atoms with Gasteiger partial charge < -0.3 is 5.32 Å². The topological polar surface area (TPSA) is 12.0 Å². The quantitative estimate of drug-likeness (QED) is 0.855. The highest BCUT2D eigenvalue weighted by Crippen LogP contribution is 2.29. The summed E-state index contributed by atoms with van der Waals surface area (Å²) >= 11 is 6.04. The average Bonchev–Trinajstić information content (AvgIpc) is 2.36. The number of nitrogens with one attached hydrogen (secondary N) is 1. The molecule has 0 radical (unpaired) electrons. The van der Waals surface area contributed by atoms with Crippen LogP contribution in [0.5, 0.6) is 0 Å². The second-order valence-electron chi connectivity index (χ2n) is 5.39. The van der Waals surface area contributed by atoms with E-state index in [1.54, 1.807) is 6.07 Å². The molecule has 1 saturated carbocycles. The van der Waals surface area contributed by atoms with E-state index in [1.807, 2.05) is 0 Å². The fourth-order valence-corrected chi connectivity index (χ4v) is 2.95. The standard InChI is InChI=1S/C15H21ClFN/c1-11-4-2-3-5-12(11)9-18-10-13-8-14(17)6-7-15(13)16/h6-8,11-12,18H,2-5,9-10H2,1H3. The Balaban J connectivity index is 1.82. The molecule has 0 bridgehead atoms. The third-order valence-corrected chi connectivity index (χ3v) is 4.39. The van der Waals surface area contributed by atoms with Crippen LogP contribution in [0.4, 0.5) is 4.39 Å². The van der Waals surface area contributed by atoms with Gasteiger partial charge >= 0.3 is 0 Å². The summed E-state index contributed by atoms with van der Waals surface area (Å²) in [4.78, 5) is 0. The van der Waals surface area contributed by atoms with Crippen molar-refractivity contribution in [1.29, 1.82) is 0 Å². The van der Waals surface area contributed by atoms with Crippen molar-refractivity contribution in [3.8, 4) is 0 Å². The lowest BCUT2D eigenvalue weighted by Gasteiger charge is -2.29. The first-order chi connectivity index (χ1) is 8.66. The Kier molecular flexibility index (Phi) is 5.02. The van der Waals surface area contributed by atoms with E-state index >= 15 is 0 Å². The fraction of sp³-hybridized carbons (Fsp3) is 0.600. The van der Waals surface area contributed by atoms with Crippen LogP contribution in [0.25, 0.3) is 0 Å². The summed E-state index contributed by atoms with van der Waals surface area (Å²) in [5.74, 6) is 1.34. The largest absolute Gasteiger partial charge is 0.312 e. The molecule has 1 aliphatic carbocycles. The number of rotatable bonds is 4. The number of benzene rings is 1. The predicted molar refractivity (Wildman–Crippen MR) is 74.2 cm³/mol. The van der Waals surface area contributed by atoms with Crippen LogP contribution in [0.3, 0.4) is 0 Å². The normalized spacial score (nSPS) is 24.2.